The van der Waals surface area contributed by atoms with E-state index in [2.05, 4.69) is 0 Å². The van der Waals surface area contributed by atoms with Crippen LogP contribution in [0, 0.1) is 11.8 Å². The van der Waals surface area contributed by atoms with Crippen LogP contribution in [-0.2, 0) is 9.59 Å². The molecule has 2 heterocycles. The van der Waals surface area contributed by atoms with Gasteiger partial charge in [0.2, 0.25) is 11.8 Å². The van der Waals surface area contributed by atoms with E-state index in [9.17, 15) is 9.59 Å². The molecular formula is C14H22N2O2. The molecule has 2 aliphatic rings. The third-order valence-corrected chi connectivity index (χ3v) is 4.06. The summed E-state index contributed by atoms with van der Waals surface area (Å²) in [4.78, 5) is 28.2. The topological polar surface area (TPSA) is 40.6 Å². The Balaban J connectivity index is 2.13. The van der Waals surface area contributed by atoms with Crippen LogP contribution in [0.4, 0.5) is 0 Å². The molecule has 0 aromatic rings. The monoisotopic (exact) mass is 250 g/mol. The summed E-state index contributed by atoms with van der Waals surface area (Å²) in [6.07, 6.45) is 3.96. The summed E-state index contributed by atoms with van der Waals surface area (Å²) < 4.78 is 0. The molecule has 0 saturated carbocycles. The summed E-state index contributed by atoms with van der Waals surface area (Å²) in [5.41, 5.74) is 0. The highest BCUT2D eigenvalue weighted by Crippen LogP contribution is 2.35. The van der Waals surface area contributed by atoms with Gasteiger partial charge in [-0.1, -0.05) is 12.2 Å². The average molecular weight is 250 g/mol. The number of nitrogens with zero attached hydrogens (tertiary/aromatic N) is 2. The van der Waals surface area contributed by atoms with Crippen molar-refractivity contribution < 1.29 is 9.59 Å². The van der Waals surface area contributed by atoms with Crippen molar-refractivity contribution >= 4 is 11.8 Å². The van der Waals surface area contributed by atoms with E-state index in [0.717, 1.165) is 0 Å². The highest BCUT2D eigenvalue weighted by Gasteiger charge is 2.52. The van der Waals surface area contributed by atoms with Crippen LogP contribution in [0.1, 0.15) is 27.7 Å². The van der Waals surface area contributed by atoms with Gasteiger partial charge in [0.25, 0.3) is 0 Å². The molecule has 0 aliphatic carbocycles. The van der Waals surface area contributed by atoms with Crippen molar-refractivity contribution in [2.45, 2.75) is 39.8 Å². The summed E-state index contributed by atoms with van der Waals surface area (Å²) in [5.74, 6) is 0.0563. The predicted molar refractivity (Wildman–Crippen MR) is 69.8 cm³/mol. The normalized spacial score (nSPS) is 29.8. The fourth-order valence-electron chi connectivity index (χ4n) is 3.00. The molecule has 2 saturated heterocycles. The predicted octanol–water partition coefficient (Wildman–Crippen LogP) is 1.28. The van der Waals surface area contributed by atoms with E-state index in [1.165, 1.54) is 0 Å². The number of hydrogen-bond acceptors (Lipinski definition) is 2. The highest BCUT2D eigenvalue weighted by molar-refractivity contribution is 5.94. The van der Waals surface area contributed by atoms with Crippen LogP contribution in [0.2, 0.25) is 0 Å². The van der Waals surface area contributed by atoms with E-state index >= 15 is 0 Å². The number of rotatable bonds is 3. The van der Waals surface area contributed by atoms with Gasteiger partial charge >= 0.3 is 0 Å². The first kappa shape index (κ1) is 13.1. The Morgan fingerprint density at radius 1 is 1.06 bits per heavy atom. The molecular weight excluding hydrogens is 228 g/mol. The lowest BCUT2D eigenvalue weighted by Gasteiger charge is -2.27. The maximum absolute atomic E-state index is 12.3. The van der Waals surface area contributed by atoms with Crippen LogP contribution >= 0.6 is 0 Å². The number of amides is 2. The van der Waals surface area contributed by atoms with Crippen LogP contribution in [0.15, 0.2) is 12.2 Å². The minimum atomic E-state index is -0.118. The molecule has 3 unspecified atom stereocenters. The number of allylic oxidation sites excluding steroid dienone is 1. The quantitative estimate of drug-likeness (QED) is 0.708. The fourth-order valence-corrected chi connectivity index (χ4v) is 3.00. The molecule has 100 valence electrons. The van der Waals surface area contributed by atoms with Gasteiger partial charge in [-0.05, 0) is 27.7 Å². The molecule has 0 aromatic carbocycles. The standard InChI is InChI=1S/C14H22N2O2/c1-5-6-10(4)16-8-12-11(14(16)18)7-15(9(2)3)13(12)17/h5-6,9-12H,7-8H2,1-4H3/b6-5+. The van der Waals surface area contributed by atoms with E-state index in [1.54, 1.807) is 0 Å². The number of likely N-dealkylation sites (tertiary alicyclic amines) is 2. The molecule has 3 atom stereocenters. The first-order chi connectivity index (χ1) is 8.47. The van der Waals surface area contributed by atoms with Crippen molar-refractivity contribution in [3.05, 3.63) is 12.2 Å². The van der Waals surface area contributed by atoms with Crippen LogP contribution in [-0.4, -0.2) is 46.8 Å². The molecule has 0 bridgehead atoms. The lowest BCUT2D eigenvalue weighted by Crippen LogP contribution is -2.41. The summed E-state index contributed by atoms with van der Waals surface area (Å²) in [5, 5.41) is 0. The molecule has 0 N–H and O–H groups in total. The van der Waals surface area contributed by atoms with Crippen LogP contribution < -0.4 is 0 Å². The molecule has 0 radical (unpaired) electrons. The molecule has 0 aromatic heterocycles. The SMILES string of the molecule is C/C=C/C(C)N1CC2C(=O)N(C(C)C)CC2C1=O. The van der Waals surface area contributed by atoms with E-state index in [1.807, 2.05) is 49.6 Å². The maximum Gasteiger partial charge on any atom is 0.228 e. The number of fused-ring (bicyclic) bond motifs is 1. The second-order valence-corrected chi connectivity index (χ2v) is 5.55. The van der Waals surface area contributed by atoms with E-state index in [-0.39, 0.29) is 35.7 Å². The first-order valence-corrected chi connectivity index (χ1v) is 6.71. The fraction of sp³-hybridized carbons (Fsp3) is 0.714. The minimum absolute atomic E-state index is 0.0911. The Hall–Kier alpha value is -1.32. The molecule has 2 rings (SSSR count). The minimum Gasteiger partial charge on any atom is -0.339 e. The van der Waals surface area contributed by atoms with Gasteiger partial charge in [0.05, 0.1) is 11.8 Å². The van der Waals surface area contributed by atoms with Crippen molar-refractivity contribution in [1.29, 1.82) is 0 Å². The van der Waals surface area contributed by atoms with Crippen LogP contribution in [0.3, 0.4) is 0 Å². The smallest absolute Gasteiger partial charge is 0.228 e. The van der Waals surface area contributed by atoms with E-state index in [4.69, 9.17) is 0 Å². The molecule has 0 spiro atoms. The van der Waals surface area contributed by atoms with Gasteiger partial charge in [-0.2, -0.15) is 0 Å². The van der Waals surface area contributed by atoms with Crippen LogP contribution in [0.25, 0.3) is 0 Å². The summed E-state index contributed by atoms with van der Waals surface area (Å²) in [6, 6.07) is 0.283. The second kappa shape index (κ2) is 4.75. The average Bonchev–Trinajstić information content (AvgIpc) is 2.79. The third kappa shape index (κ3) is 1.93. The zero-order valence-electron chi connectivity index (χ0n) is 11.6. The molecule has 18 heavy (non-hydrogen) atoms. The van der Waals surface area contributed by atoms with Gasteiger partial charge in [-0.15, -0.1) is 0 Å². The summed E-state index contributed by atoms with van der Waals surface area (Å²) in [7, 11) is 0. The van der Waals surface area contributed by atoms with Crippen molar-refractivity contribution in [2.24, 2.45) is 11.8 Å². The number of carbonyl (C=O) groups excluding carboxylic acids is 2. The summed E-state index contributed by atoms with van der Waals surface area (Å²) >= 11 is 0. The summed E-state index contributed by atoms with van der Waals surface area (Å²) in [6.45, 7) is 9.14. The molecule has 4 nitrogen and oxygen atoms in total. The van der Waals surface area contributed by atoms with Gasteiger partial charge in [0, 0.05) is 25.2 Å². The van der Waals surface area contributed by atoms with E-state index < -0.39 is 0 Å². The molecule has 2 aliphatic heterocycles. The van der Waals surface area contributed by atoms with Crippen molar-refractivity contribution in [3.63, 3.8) is 0 Å². The first-order valence-electron chi connectivity index (χ1n) is 6.71. The number of carbonyl (C=O) groups is 2. The Morgan fingerprint density at radius 2 is 1.56 bits per heavy atom. The van der Waals surface area contributed by atoms with Gasteiger partial charge in [-0.3, -0.25) is 9.59 Å². The molecule has 2 fully saturated rings. The largest absolute Gasteiger partial charge is 0.339 e. The third-order valence-electron chi connectivity index (χ3n) is 4.06. The Morgan fingerprint density at radius 3 is 2.06 bits per heavy atom. The highest BCUT2D eigenvalue weighted by atomic mass is 16.2. The van der Waals surface area contributed by atoms with Crippen molar-refractivity contribution in [1.82, 2.24) is 9.80 Å². The van der Waals surface area contributed by atoms with Gasteiger partial charge < -0.3 is 9.80 Å². The maximum atomic E-state index is 12.3. The Labute approximate surface area is 109 Å². The van der Waals surface area contributed by atoms with Gasteiger partial charge in [0.1, 0.15) is 0 Å². The zero-order valence-corrected chi connectivity index (χ0v) is 11.6. The number of hydrogen-bond donors (Lipinski definition) is 0. The van der Waals surface area contributed by atoms with E-state index in [0.29, 0.717) is 13.1 Å². The zero-order chi connectivity index (χ0) is 13.4. The lowest BCUT2D eigenvalue weighted by molar-refractivity contribution is -0.133. The lowest BCUT2D eigenvalue weighted by atomic mass is 10.00. The van der Waals surface area contributed by atoms with Crippen molar-refractivity contribution in [2.75, 3.05) is 13.1 Å². The Kier molecular flexibility index (Phi) is 3.46. The molecule has 4 heteroatoms. The second-order valence-electron chi connectivity index (χ2n) is 5.55. The van der Waals surface area contributed by atoms with Gasteiger partial charge in [-0.25, -0.2) is 0 Å². The van der Waals surface area contributed by atoms with Crippen molar-refractivity contribution in [3.8, 4) is 0 Å². The Bertz CT molecular complexity index is 389. The van der Waals surface area contributed by atoms with Gasteiger partial charge in [0.15, 0.2) is 0 Å². The molecule has 2 amide bonds. The van der Waals surface area contributed by atoms with Crippen LogP contribution in [0.5, 0.6) is 0 Å².